The summed E-state index contributed by atoms with van der Waals surface area (Å²) in [6.45, 7) is 0. The van der Waals surface area contributed by atoms with Crippen molar-refractivity contribution in [3.63, 3.8) is 0 Å². The SMILES string of the molecule is O=C(Nc1ccc(-n2nc(-c3cccnc3)cc2C(F)(F)F)nn1)c1cccc(-c2cnco2)c1. The Morgan fingerprint density at radius 3 is 2.49 bits per heavy atom. The molecule has 12 heteroatoms. The Hall–Kier alpha value is -4.87. The first-order chi connectivity index (χ1) is 16.9. The molecule has 0 spiro atoms. The van der Waals surface area contributed by atoms with Gasteiger partial charge in [-0.2, -0.15) is 18.3 Å². The molecular weight excluding hydrogens is 463 g/mol. The van der Waals surface area contributed by atoms with Crippen LogP contribution in [0.4, 0.5) is 19.0 Å². The summed E-state index contributed by atoms with van der Waals surface area (Å²) in [4.78, 5) is 20.4. The Labute approximate surface area is 195 Å². The van der Waals surface area contributed by atoms with Gasteiger partial charge in [-0.25, -0.2) is 9.67 Å². The fraction of sp³-hybridized carbons (Fsp3) is 0.0435. The number of carbonyl (C=O) groups is 1. The van der Waals surface area contributed by atoms with Crippen molar-refractivity contribution < 1.29 is 22.4 Å². The minimum atomic E-state index is -4.68. The van der Waals surface area contributed by atoms with Gasteiger partial charge in [0.15, 0.2) is 29.5 Å². The molecule has 0 unspecified atom stereocenters. The van der Waals surface area contributed by atoms with Crippen LogP contribution in [0, 0.1) is 0 Å². The Bertz CT molecular complexity index is 1470. The second-order valence-corrected chi connectivity index (χ2v) is 7.24. The maximum Gasteiger partial charge on any atom is 0.433 e. The molecule has 5 aromatic rings. The van der Waals surface area contributed by atoms with Crippen LogP contribution in [0.1, 0.15) is 16.1 Å². The molecule has 0 saturated heterocycles. The molecule has 5 rings (SSSR count). The second kappa shape index (κ2) is 8.82. The number of aromatic nitrogens is 6. The van der Waals surface area contributed by atoms with E-state index in [9.17, 15) is 18.0 Å². The van der Waals surface area contributed by atoms with E-state index < -0.39 is 17.8 Å². The van der Waals surface area contributed by atoms with Crippen molar-refractivity contribution >= 4 is 11.7 Å². The van der Waals surface area contributed by atoms with Gasteiger partial charge >= 0.3 is 6.18 Å². The molecule has 0 bridgehead atoms. The van der Waals surface area contributed by atoms with Crippen LogP contribution in [0.3, 0.4) is 0 Å². The highest BCUT2D eigenvalue weighted by molar-refractivity contribution is 6.04. The first-order valence-electron chi connectivity index (χ1n) is 10.1. The van der Waals surface area contributed by atoms with Crippen molar-refractivity contribution in [3.8, 4) is 28.4 Å². The van der Waals surface area contributed by atoms with Gasteiger partial charge in [0.25, 0.3) is 5.91 Å². The number of rotatable bonds is 5. The minimum absolute atomic E-state index is 0.0528. The zero-order valence-electron chi connectivity index (χ0n) is 17.6. The van der Waals surface area contributed by atoms with Gasteiger partial charge in [0.05, 0.1) is 11.9 Å². The van der Waals surface area contributed by atoms with Gasteiger partial charge in [0.2, 0.25) is 0 Å². The highest BCUT2D eigenvalue weighted by atomic mass is 19.4. The van der Waals surface area contributed by atoms with E-state index in [4.69, 9.17) is 4.42 Å². The molecule has 9 nitrogen and oxygen atoms in total. The van der Waals surface area contributed by atoms with E-state index in [2.05, 4.69) is 30.6 Å². The molecular formula is C23H14F3N7O2. The van der Waals surface area contributed by atoms with Crippen molar-refractivity contribution in [1.29, 1.82) is 0 Å². The summed E-state index contributed by atoms with van der Waals surface area (Å²) in [6, 6.07) is 13.4. The van der Waals surface area contributed by atoms with Crippen LogP contribution in [0.5, 0.6) is 0 Å². The molecule has 1 aromatic carbocycles. The zero-order valence-corrected chi connectivity index (χ0v) is 17.6. The van der Waals surface area contributed by atoms with Crippen molar-refractivity contribution in [3.05, 3.63) is 90.8 Å². The van der Waals surface area contributed by atoms with Crippen LogP contribution in [0.25, 0.3) is 28.4 Å². The third kappa shape index (κ3) is 4.62. The van der Waals surface area contributed by atoms with Gasteiger partial charge < -0.3 is 9.73 Å². The molecule has 0 fully saturated rings. The Balaban J connectivity index is 1.39. The molecule has 1 N–H and O–H groups in total. The standard InChI is InChI=1S/C23H14F3N7O2/c24-23(25,26)19-10-17(16-5-2-8-27-11-16)32-33(19)21-7-6-20(30-31-21)29-22(34)15-4-1-3-14(9-15)18-12-28-13-35-18/h1-13H,(H,29,30,34). The number of nitrogens with one attached hydrogen (secondary N) is 1. The number of pyridine rings is 1. The third-order valence-electron chi connectivity index (χ3n) is 4.91. The van der Waals surface area contributed by atoms with Gasteiger partial charge in [-0.1, -0.05) is 12.1 Å². The molecule has 4 aromatic heterocycles. The van der Waals surface area contributed by atoms with E-state index in [0.29, 0.717) is 27.1 Å². The summed E-state index contributed by atoms with van der Waals surface area (Å²) in [5.41, 5.74) is 0.445. The van der Waals surface area contributed by atoms with Crippen molar-refractivity contribution in [2.24, 2.45) is 0 Å². The zero-order chi connectivity index (χ0) is 24.4. The van der Waals surface area contributed by atoms with E-state index in [1.54, 1.807) is 36.4 Å². The molecule has 35 heavy (non-hydrogen) atoms. The summed E-state index contributed by atoms with van der Waals surface area (Å²) >= 11 is 0. The molecule has 1 amide bonds. The molecule has 0 aliphatic heterocycles. The second-order valence-electron chi connectivity index (χ2n) is 7.24. The predicted octanol–water partition coefficient (Wildman–Crippen LogP) is 4.65. The Morgan fingerprint density at radius 2 is 1.80 bits per heavy atom. The lowest BCUT2D eigenvalue weighted by Gasteiger charge is -2.09. The topological polar surface area (TPSA) is 112 Å². The number of hydrogen-bond acceptors (Lipinski definition) is 7. The van der Waals surface area contributed by atoms with Gasteiger partial charge in [0.1, 0.15) is 0 Å². The lowest BCUT2D eigenvalue weighted by atomic mass is 10.1. The number of alkyl halides is 3. The molecule has 0 radical (unpaired) electrons. The number of hydrogen-bond donors (Lipinski definition) is 1. The first-order valence-corrected chi connectivity index (χ1v) is 10.1. The minimum Gasteiger partial charge on any atom is -0.444 e. The van der Waals surface area contributed by atoms with Gasteiger partial charge in [-0.3, -0.25) is 9.78 Å². The molecule has 4 heterocycles. The summed E-state index contributed by atoms with van der Waals surface area (Å²) in [5.74, 6) is -0.105. The molecule has 0 saturated carbocycles. The number of anilines is 1. The quantitative estimate of drug-likeness (QED) is 0.392. The lowest BCUT2D eigenvalue weighted by molar-refractivity contribution is -0.142. The monoisotopic (exact) mass is 477 g/mol. The summed E-state index contributed by atoms with van der Waals surface area (Å²) < 4.78 is 46.8. The Kier molecular flexibility index (Phi) is 5.53. The normalized spacial score (nSPS) is 11.4. The lowest BCUT2D eigenvalue weighted by Crippen LogP contribution is -2.16. The fourth-order valence-electron chi connectivity index (χ4n) is 3.28. The number of oxazole rings is 1. The molecule has 0 aliphatic carbocycles. The number of carbonyl (C=O) groups excluding carboxylic acids is 1. The van der Waals surface area contributed by atoms with Crippen LogP contribution >= 0.6 is 0 Å². The number of amides is 1. The summed E-state index contributed by atoms with van der Waals surface area (Å²) in [5, 5.41) is 14.3. The summed E-state index contributed by atoms with van der Waals surface area (Å²) in [6.07, 6.45) is 1.04. The van der Waals surface area contributed by atoms with Crippen molar-refractivity contribution in [1.82, 2.24) is 29.9 Å². The van der Waals surface area contributed by atoms with E-state index in [1.807, 2.05) is 0 Å². The van der Waals surface area contributed by atoms with E-state index >= 15 is 0 Å². The van der Waals surface area contributed by atoms with Crippen LogP contribution < -0.4 is 5.32 Å². The molecule has 0 atom stereocenters. The van der Waals surface area contributed by atoms with Crippen LogP contribution in [0.2, 0.25) is 0 Å². The molecule has 0 aliphatic rings. The molecule has 174 valence electrons. The van der Waals surface area contributed by atoms with Crippen LogP contribution in [0.15, 0.2) is 84.0 Å². The average Bonchev–Trinajstić information content (AvgIpc) is 3.56. The fourth-order valence-corrected chi connectivity index (χ4v) is 3.28. The average molecular weight is 477 g/mol. The summed E-state index contributed by atoms with van der Waals surface area (Å²) in [7, 11) is 0. The predicted molar refractivity (Wildman–Crippen MR) is 117 cm³/mol. The van der Waals surface area contributed by atoms with Gasteiger partial charge in [-0.15, -0.1) is 10.2 Å². The maximum absolute atomic E-state index is 13.6. The highest BCUT2D eigenvalue weighted by Gasteiger charge is 2.37. The van der Waals surface area contributed by atoms with E-state index in [0.717, 1.165) is 6.07 Å². The van der Waals surface area contributed by atoms with Crippen molar-refractivity contribution in [2.75, 3.05) is 5.32 Å². The maximum atomic E-state index is 13.6. The number of benzene rings is 1. The first kappa shape index (κ1) is 21.9. The largest absolute Gasteiger partial charge is 0.444 e. The van der Waals surface area contributed by atoms with Crippen LogP contribution in [-0.4, -0.2) is 35.9 Å². The van der Waals surface area contributed by atoms with E-state index in [-0.39, 0.29) is 17.3 Å². The van der Waals surface area contributed by atoms with Gasteiger partial charge in [-0.05, 0) is 42.5 Å². The number of nitrogens with zero attached hydrogens (tertiary/aromatic N) is 6. The smallest absolute Gasteiger partial charge is 0.433 e. The van der Waals surface area contributed by atoms with Gasteiger partial charge in [0, 0.05) is 29.1 Å². The highest BCUT2D eigenvalue weighted by Crippen LogP contribution is 2.33. The third-order valence-corrected chi connectivity index (χ3v) is 4.91. The Morgan fingerprint density at radius 1 is 0.943 bits per heavy atom. The van der Waals surface area contributed by atoms with Crippen molar-refractivity contribution in [2.45, 2.75) is 6.18 Å². The number of halogens is 3. The van der Waals surface area contributed by atoms with Crippen LogP contribution in [-0.2, 0) is 6.18 Å². The van der Waals surface area contributed by atoms with E-state index in [1.165, 1.54) is 37.1 Å².